The largest absolute Gasteiger partial charge is 0.385 e. The summed E-state index contributed by atoms with van der Waals surface area (Å²) < 4.78 is 0. The fourth-order valence-corrected chi connectivity index (χ4v) is 2.61. The molecule has 0 radical (unpaired) electrons. The van der Waals surface area contributed by atoms with Gasteiger partial charge in [0.05, 0.1) is 5.60 Å². The lowest BCUT2D eigenvalue weighted by atomic mass is 9.77. The Balaban J connectivity index is 2.20. The van der Waals surface area contributed by atoms with Crippen molar-refractivity contribution in [1.82, 2.24) is 0 Å². The van der Waals surface area contributed by atoms with Gasteiger partial charge in [-0.2, -0.15) is 0 Å². The van der Waals surface area contributed by atoms with E-state index in [9.17, 15) is 5.11 Å². The molecule has 0 aromatic heterocycles. The number of hydrogen-bond donors (Lipinski definition) is 2. The monoisotopic (exact) mass is 219 g/mol. The van der Waals surface area contributed by atoms with Crippen molar-refractivity contribution in [3.63, 3.8) is 0 Å². The molecule has 1 saturated carbocycles. The lowest BCUT2D eigenvalue weighted by Gasteiger charge is -2.35. The van der Waals surface area contributed by atoms with Crippen molar-refractivity contribution in [2.24, 2.45) is 5.73 Å². The number of aryl methyl sites for hydroxylation is 1. The Labute approximate surface area is 97.5 Å². The third-order valence-corrected chi connectivity index (χ3v) is 3.66. The zero-order valence-corrected chi connectivity index (χ0v) is 9.95. The maximum absolute atomic E-state index is 10.6. The predicted octanol–water partition coefficient (Wildman–Crippen LogP) is 2.34. The molecule has 1 aliphatic carbocycles. The number of benzene rings is 1. The van der Waals surface area contributed by atoms with E-state index in [0.29, 0.717) is 6.42 Å². The minimum atomic E-state index is -0.691. The van der Waals surface area contributed by atoms with Crippen LogP contribution in [-0.2, 0) is 12.0 Å². The van der Waals surface area contributed by atoms with E-state index in [-0.39, 0.29) is 6.04 Å². The second-order valence-electron chi connectivity index (χ2n) is 4.94. The summed E-state index contributed by atoms with van der Waals surface area (Å²) in [6.07, 6.45) is 4.63. The molecule has 1 aromatic rings. The van der Waals surface area contributed by atoms with E-state index in [1.54, 1.807) is 0 Å². The van der Waals surface area contributed by atoms with E-state index >= 15 is 0 Å². The lowest BCUT2D eigenvalue weighted by molar-refractivity contribution is -0.00717. The Bertz CT molecular complexity index is 346. The molecular weight excluding hydrogens is 198 g/mol. The molecule has 2 rings (SSSR count). The summed E-state index contributed by atoms with van der Waals surface area (Å²) >= 11 is 0. The van der Waals surface area contributed by atoms with Crippen molar-refractivity contribution < 1.29 is 5.11 Å². The Morgan fingerprint density at radius 2 is 2.06 bits per heavy atom. The first-order chi connectivity index (χ1) is 7.64. The van der Waals surface area contributed by atoms with Crippen LogP contribution in [0.15, 0.2) is 24.3 Å². The highest BCUT2D eigenvalue weighted by Crippen LogP contribution is 2.36. The molecule has 0 bridgehead atoms. The SMILES string of the molecule is CCc1ccc(C2(O)CCCC(N)C2)cc1. The minimum absolute atomic E-state index is 0.143. The summed E-state index contributed by atoms with van der Waals surface area (Å²) in [5.41, 5.74) is 7.59. The highest BCUT2D eigenvalue weighted by Gasteiger charge is 2.34. The standard InChI is InChI=1S/C14H21NO/c1-2-11-5-7-12(8-6-11)14(16)9-3-4-13(15)10-14/h5-8,13,16H,2-4,9-10,15H2,1H3. The molecule has 1 aliphatic rings. The van der Waals surface area contributed by atoms with Crippen molar-refractivity contribution in [3.05, 3.63) is 35.4 Å². The van der Waals surface area contributed by atoms with Gasteiger partial charge in [0, 0.05) is 6.04 Å². The highest BCUT2D eigenvalue weighted by atomic mass is 16.3. The fraction of sp³-hybridized carbons (Fsp3) is 0.571. The lowest BCUT2D eigenvalue weighted by Crippen LogP contribution is -2.39. The van der Waals surface area contributed by atoms with Crippen LogP contribution in [0.4, 0.5) is 0 Å². The van der Waals surface area contributed by atoms with E-state index in [2.05, 4.69) is 31.2 Å². The van der Waals surface area contributed by atoms with Crippen LogP contribution < -0.4 is 5.73 Å². The molecule has 2 atom stereocenters. The van der Waals surface area contributed by atoms with Crippen LogP contribution in [0.25, 0.3) is 0 Å². The van der Waals surface area contributed by atoms with Gasteiger partial charge in [-0.05, 0) is 43.2 Å². The van der Waals surface area contributed by atoms with E-state index in [0.717, 1.165) is 31.2 Å². The summed E-state index contributed by atoms with van der Waals surface area (Å²) in [6, 6.07) is 8.46. The first-order valence-corrected chi connectivity index (χ1v) is 6.21. The van der Waals surface area contributed by atoms with E-state index < -0.39 is 5.60 Å². The maximum Gasteiger partial charge on any atom is 0.0911 e. The van der Waals surface area contributed by atoms with Crippen molar-refractivity contribution in [2.45, 2.75) is 50.7 Å². The van der Waals surface area contributed by atoms with Gasteiger partial charge < -0.3 is 10.8 Å². The molecule has 88 valence electrons. The number of hydrogen-bond acceptors (Lipinski definition) is 2. The van der Waals surface area contributed by atoms with E-state index in [1.807, 2.05) is 0 Å². The van der Waals surface area contributed by atoms with Gasteiger partial charge >= 0.3 is 0 Å². The summed E-state index contributed by atoms with van der Waals surface area (Å²) in [5, 5.41) is 10.6. The molecule has 16 heavy (non-hydrogen) atoms. The molecule has 0 amide bonds. The van der Waals surface area contributed by atoms with Crippen molar-refractivity contribution >= 4 is 0 Å². The molecule has 2 heteroatoms. The van der Waals surface area contributed by atoms with Crippen molar-refractivity contribution in [3.8, 4) is 0 Å². The van der Waals surface area contributed by atoms with Gasteiger partial charge in [0.15, 0.2) is 0 Å². The average Bonchev–Trinajstić information content (AvgIpc) is 2.29. The molecule has 2 nitrogen and oxygen atoms in total. The number of nitrogens with two attached hydrogens (primary N) is 1. The molecular formula is C14H21NO. The zero-order chi connectivity index (χ0) is 11.6. The van der Waals surface area contributed by atoms with E-state index in [1.165, 1.54) is 5.56 Å². The van der Waals surface area contributed by atoms with Crippen molar-refractivity contribution in [1.29, 1.82) is 0 Å². The molecule has 3 N–H and O–H groups in total. The minimum Gasteiger partial charge on any atom is -0.385 e. The van der Waals surface area contributed by atoms with Gasteiger partial charge in [0.25, 0.3) is 0 Å². The third-order valence-electron chi connectivity index (χ3n) is 3.66. The molecule has 2 unspecified atom stereocenters. The normalized spacial score (nSPS) is 30.3. The number of rotatable bonds is 2. The van der Waals surface area contributed by atoms with Crippen LogP contribution in [0.2, 0.25) is 0 Å². The van der Waals surface area contributed by atoms with Crippen LogP contribution in [0.3, 0.4) is 0 Å². The van der Waals surface area contributed by atoms with Crippen molar-refractivity contribution in [2.75, 3.05) is 0 Å². The second kappa shape index (κ2) is 4.56. The molecule has 0 saturated heterocycles. The molecule has 1 aromatic carbocycles. The first kappa shape index (κ1) is 11.6. The Kier molecular flexibility index (Phi) is 3.31. The van der Waals surface area contributed by atoms with Gasteiger partial charge in [0.1, 0.15) is 0 Å². The highest BCUT2D eigenvalue weighted by molar-refractivity contribution is 5.28. The average molecular weight is 219 g/mol. The van der Waals surface area contributed by atoms with Crippen LogP contribution in [0.5, 0.6) is 0 Å². The van der Waals surface area contributed by atoms with E-state index in [4.69, 9.17) is 5.73 Å². The number of aliphatic hydroxyl groups is 1. The zero-order valence-electron chi connectivity index (χ0n) is 9.95. The van der Waals surface area contributed by atoms with Gasteiger partial charge in [-0.1, -0.05) is 31.2 Å². The van der Waals surface area contributed by atoms with Gasteiger partial charge in [0.2, 0.25) is 0 Å². The van der Waals surface area contributed by atoms with Crippen LogP contribution in [-0.4, -0.2) is 11.1 Å². The van der Waals surface area contributed by atoms with Gasteiger partial charge in [-0.3, -0.25) is 0 Å². The van der Waals surface area contributed by atoms with Crippen LogP contribution >= 0.6 is 0 Å². The molecule has 0 heterocycles. The summed E-state index contributed by atoms with van der Waals surface area (Å²) in [4.78, 5) is 0. The maximum atomic E-state index is 10.6. The molecule has 1 fully saturated rings. The second-order valence-corrected chi connectivity index (χ2v) is 4.94. The summed E-state index contributed by atoms with van der Waals surface area (Å²) in [7, 11) is 0. The smallest absolute Gasteiger partial charge is 0.0911 e. The topological polar surface area (TPSA) is 46.2 Å². The summed E-state index contributed by atoms with van der Waals surface area (Å²) in [5.74, 6) is 0. The van der Waals surface area contributed by atoms with Crippen LogP contribution in [0, 0.1) is 0 Å². The Morgan fingerprint density at radius 3 is 2.62 bits per heavy atom. The molecule has 0 spiro atoms. The van der Waals surface area contributed by atoms with Crippen LogP contribution in [0.1, 0.15) is 43.7 Å². The molecule has 0 aliphatic heterocycles. The van der Waals surface area contributed by atoms with Gasteiger partial charge in [-0.15, -0.1) is 0 Å². The summed E-state index contributed by atoms with van der Waals surface area (Å²) in [6.45, 7) is 2.14. The first-order valence-electron chi connectivity index (χ1n) is 6.21. The quantitative estimate of drug-likeness (QED) is 0.802. The predicted molar refractivity (Wildman–Crippen MR) is 66.2 cm³/mol. The Morgan fingerprint density at radius 1 is 1.38 bits per heavy atom. The third kappa shape index (κ3) is 2.28. The van der Waals surface area contributed by atoms with Gasteiger partial charge in [-0.25, -0.2) is 0 Å². The fourth-order valence-electron chi connectivity index (χ4n) is 2.61. The Hall–Kier alpha value is -0.860.